The van der Waals surface area contributed by atoms with Crippen LogP contribution in [0.25, 0.3) is 0 Å². The molecule has 0 saturated carbocycles. The molecule has 0 aliphatic carbocycles. The Morgan fingerprint density at radius 3 is 1.57 bits per heavy atom. The lowest BCUT2D eigenvalue weighted by molar-refractivity contribution is -0.101. The Hall–Kier alpha value is -0.0800. The second kappa shape index (κ2) is 7.24. The molecule has 14 heavy (non-hydrogen) atoms. The molecule has 0 heterocycles. The average Bonchev–Trinajstić information content (AvgIpc) is 2.03. The maximum atomic E-state index is 5.94. The van der Waals surface area contributed by atoms with Crippen molar-refractivity contribution in [1.82, 2.24) is 0 Å². The minimum Gasteiger partial charge on any atom is -0.357 e. The van der Waals surface area contributed by atoms with Crippen molar-refractivity contribution in [3.8, 4) is 0 Å². The number of rotatable bonds is 8. The van der Waals surface area contributed by atoms with Crippen LogP contribution in [0, 0.1) is 0 Å². The van der Waals surface area contributed by atoms with Gasteiger partial charge < -0.3 is 10.5 Å². The van der Waals surface area contributed by atoms with Crippen LogP contribution in [0.4, 0.5) is 0 Å². The fraction of sp³-hybridized carbons (Fsp3) is 1.00. The Labute approximate surface area is 89.2 Å². The molecule has 0 radical (unpaired) electrons. The van der Waals surface area contributed by atoms with Crippen LogP contribution in [-0.2, 0) is 4.74 Å². The predicted octanol–water partition coefficient (Wildman–Crippen LogP) is 3.45. The molecule has 0 fully saturated rings. The fourth-order valence-corrected chi connectivity index (χ4v) is 2.31. The molecule has 0 amide bonds. The van der Waals surface area contributed by atoms with E-state index >= 15 is 0 Å². The molecule has 0 aliphatic heterocycles. The number of nitrogens with two attached hydrogens (primary N) is 1. The van der Waals surface area contributed by atoms with Gasteiger partial charge in [0.15, 0.2) is 0 Å². The van der Waals surface area contributed by atoms with Crippen molar-refractivity contribution in [3.63, 3.8) is 0 Å². The molecule has 0 aliphatic rings. The molecule has 0 rings (SSSR count). The topological polar surface area (TPSA) is 35.2 Å². The average molecular weight is 201 g/mol. The first kappa shape index (κ1) is 13.9. The summed E-state index contributed by atoms with van der Waals surface area (Å²) in [5.74, 6) is 0. The zero-order valence-corrected chi connectivity index (χ0v) is 10.3. The van der Waals surface area contributed by atoms with Crippen LogP contribution in [-0.4, -0.2) is 11.8 Å². The molecule has 86 valence electrons. The third kappa shape index (κ3) is 4.97. The summed E-state index contributed by atoms with van der Waals surface area (Å²) < 4.78 is 5.94. The molecule has 0 aromatic carbocycles. The molecule has 0 saturated heterocycles. The largest absolute Gasteiger partial charge is 0.357 e. The molecule has 0 aromatic heterocycles. The van der Waals surface area contributed by atoms with Crippen LogP contribution in [0.1, 0.15) is 66.2 Å². The van der Waals surface area contributed by atoms with Crippen molar-refractivity contribution in [2.24, 2.45) is 5.73 Å². The van der Waals surface area contributed by atoms with E-state index in [9.17, 15) is 0 Å². The van der Waals surface area contributed by atoms with Crippen molar-refractivity contribution < 1.29 is 4.74 Å². The first-order valence-electron chi connectivity index (χ1n) is 6.03. The molecular weight excluding hydrogens is 174 g/mol. The van der Waals surface area contributed by atoms with Gasteiger partial charge in [-0.15, -0.1) is 0 Å². The highest BCUT2D eigenvalue weighted by molar-refractivity contribution is 4.80. The van der Waals surface area contributed by atoms with E-state index in [1.165, 1.54) is 19.3 Å². The summed E-state index contributed by atoms with van der Waals surface area (Å²) in [6, 6.07) is 0. The van der Waals surface area contributed by atoms with E-state index in [0.717, 1.165) is 19.3 Å². The van der Waals surface area contributed by atoms with Gasteiger partial charge in [0.05, 0.1) is 5.60 Å². The highest BCUT2D eigenvalue weighted by Gasteiger charge is 2.29. The van der Waals surface area contributed by atoms with E-state index in [1.54, 1.807) is 0 Å². The normalized spacial score (nSPS) is 14.4. The van der Waals surface area contributed by atoms with Crippen molar-refractivity contribution in [1.29, 1.82) is 0 Å². The van der Waals surface area contributed by atoms with Gasteiger partial charge in [-0.25, -0.2) is 0 Å². The van der Waals surface area contributed by atoms with Gasteiger partial charge in [0.2, 0.25) is 0 Å². The van der Waals surface area contributed by atoms with Crippen molar-refractivity contribution in [2.45, 2.75) is 78.0 Å². The molecule has 0 bridgehead atoms. The standard InChI is InChI=1S/C12H27NO/c1-5-8-12(9-6-2,10-7-3)14-11(4)13/h11H,5-10,13H2,1-4H3. The number of hydrogen-bond donors (Lipinski definition) is 1. The van der Waals surface area contributed by atoms with Gasteiger partial charge in [0.1, 0.15) is 6.23 Å². The van der Waals surface area contributed by atoms with Gasteiger partial charge in [-0.3, -0.25) is 0 Å². The Morgan fingerprint density at radius 2 is 1.36 bits per heavy atom. The van der Waals surface area contributed by atoms with E-state index < -0.39 is 0 Å². The van der Waals surface area contributed by atoms with E-state index in [0.29, 0.717) is 0 Å². The summed E-state index contributed by atoms with van der Waals surface area (Å²) in [6.45, 7) is 8.57. The third-order valence-electron chi connectivity index (χ3n) is 2.55. The molecular formula is C12H27NO. The molecule has 2 heteroatoms. The van der Waals surface area contributed by atoms with Crippen LogP contribution in [0.5, 0.6) is 0 Å². The van der Waals surface area contributed by atoms with Crippen LogP contribution < -0.4 is 5.73 Å². The lowest BCUT2D eigenvalue weighted by atomic mass is 9.88. The van der Waals surface area contributed by atoms with Crippen LogP contribution in [0.15, 0.2) is 0 Å². The second-order valence-corrected chi connectivity index (χ2v) is 4.26. The fourth-order valence-electron chi connectivity index (χ4n) is 2.31. The Balaban J connectivity index is 4.37. The van der Waals surface area contributed by atoms with Crippen LogP contribution >= 0.6 is 0 Å². The van der Waals surface area contributed by atoms with E-state index in [4.69, 9.17) is 10.5 Å². The van der Waals surface area contributed by atoms with Gasteiger partial charge in [-0.05, 0) is 26.2 Å². The van der Waals surface area contributed by atoms with Crippen LogP contribution in [0.3, 0.4) is 0 Å². The molecule has 1 atom stereocenters. The Bertz CT molecular complexity index is 117. The first-order chi connectivity index (χ1) is 6.60. The van der Waals surface area contributed by atoms with E-state index in [-0.39, 0.29) is 11.8 Å². The molecule has 2 nitrogen and oxygen atoms in total. The van der Waals surface area contributed by atoms with Crippen LogP contribution in [0.2, 0.25) is 0 Å². The summed E-state index contributed by atoms with van der Waals surface area (Å²) in [6.07, 6.45) is 6.79. The zero-order valence-electron chi connectivity index (χ0n) is 10.3. The zero-order chi connectivity index (χ0) is 11.0. The lowest BCUT2D eigenvalue weighted by Crippen LogP contribution is -2.39. The molecule has 0 aromatic rings. The summed E-state index contributed by atoms with van der Waals surface area (Å²) in [5.41, 5.74) is 5.80. The van der Waals surface area contributed by atoms with E-state index in [1.807, 2.05) is 6.92 Å². The van der Waals surface area contributed by atoms with Crippen molar-refractivity contribution >= 4 is 0 Å². The lowest BCUT2D eigenvalue weighted by Gasteiger charge is -2.35. The maximum Gasteiger partial charge on any atom is 0.103 e. The Morgan fingerprint density at radius 1 is 1.00 bits per heavy atom. The third-order valence-corrected chi connectivity index (χ3v) is 2.55. The summed E-state index contributed by atoms with van der Waals surface area (Å²) in [4.78, 5) is 0. The smallest absolute Gasteiger partial charge is 0.103 e. The summed E-state index contributed by atoms with van der Waals surface area (Å²) >= 11 is 0. The molecule has 1 unspecified atom stereocenters. The minimum atomic E-state index is -0.139. The van der Waals surface area contributed by atoms with Gasteiger partial charge >= 0.3 is 0 Å². The minimum absolute atomic E-state index is 0.0480. The predicted molar refractivity (Wildman–Crippen MR) is 62.2 cm³/mol. The van der Waals surface area contributed by atoms with Gasteiger partial charge in [0, 0.05) is 0 Å². The maximum absolute atomic E-state index is 5.94. The second-order valence-electron chi connectivity index (χ2n) is 4.26. The number of ether oxygens (including phenoxy) is 1. The summed E-state index contributed by atoms with van der Waals surface area (Å²) in [7, 11) is 0. The number of hydrogen-bond acceptors (Lipinski definition) is 2. The highest BCUT2D eigenvalue weighted by atomic mass is 16.5. The first-order valence-corrected chi connectivity index (χ1v) is 6.03. The quantitative estimate of drug-likeness (QED) is 0.610. The Kier molecular flexibility index (Phi) is 7.20. The van der Waals surface area contributed by atoms with Crippen molar-refractivity contribution in [2.75, 3.05) is 0 Å². The highest BCUT2D eigenvalue weighted by Crippen LogP contribution is 2.30. The monoisotopic (exact) mass is 201 g/mol. The van der Waals surface area contributed by atoms with Gasteiger partial charge in [-0.2, -0.15) is 0 Å². The SMILES string of the molecule is CCCC(CCC)(CCC)OC(C)N. The van der Waals surface area contributed by atoms with Gasteiger partial charge in [0.25, 0.3) is 0 Å². The molecule has 0 spiro atoms. The summed E-state index contributed by atoms with van der Waals surface area (Å²) in [5, 5.41) is 0. The van der Waals surface area contributed by atoms with Crippen molar-refractivity contribution in [3.05, 3.63) is 0 Å². The molecule has 2 N–H and O–H groups in total. The van der Waals surface area contributed by atoms with E-state index in [2.05, 4.69) is 20.8 Å². The van der Waals surface area contributed by atoms with Gasteiger partial charge in [-0.1, -0.05) is 40.0 Å².